The molecule has 0 fully saturated rings. The summed E-state index contributed by atoms with van der Waals surface area (Å²) in [5.41, 5.74) is 0.168. The number of hydrogen-bond donors (Lipinski definition) is 1. The molecule has 3 rings (SSSR count). The minimum absolute atomic E-state index is 0.174. The molecule has 0 aliphatic heterocycles. The minimum Gasteiger partial charge on any atom is -0.305 e. The van der Waals surface area contributed by atoms with Gasteiger partial charge in [-0.3, -0.25) is 4.57 Å². The lowest BCUT2D eigenvalue weighted by atomic mass is 10.1. The summed E-state index contributed by atoms with van der Waals surface area (Å²) in [4.78, 5) is 14.7. The average molecular weight is 292 g/mol. The van der Waals surface area contributed by atoms with Gasteiger partial charge in [-0.05, 0) is 30.7 Å². The van der Waals surface area contributed by atoms with Crippen LogP contribution in [0.2, 0.25) is 0 Å². The molecule has 1 heterocycles. The van der Waals surface area contributed by atoms with Crippen LogP contribution in [0, 0.1) is 6.92 Å². The van der Waals surface area contributed by atoms with Gasteiger partial charge in [-0.25, -0.2) is 4.79 Å². The Labute approximate surface area is 117 Å². The van der Waals surface area contributed by atoms with Gasteiger partial charge < -0.3 is 4.98 Å². The molecule has 0 saturated heterocycles. The fourth-order valence-corrected chi connectivity index (χ4v) is 2.42. The molecule has 0 spiro atoms. The summed E-state index contributed by atoms with van der Waals surface area (Å²) in [6, 6.07) is 10.2. The molecule has 3 aromatic rings. The molecule has 0 amide bonds. The lowest BCUT2D eigenvalue weighted by Gasteiger charge is -2.13. The van der Waals surface area contributed by atoms with E-state index in [2.05, 4.69) is 4.98 Å². The summed E-state index contributed by atoms with van der Waals surface area (Å²) >= 11 is 0. The number of hydrogen-bond acceptors (Lipinski definition) is 1. The van der Waals surface area contributed by atoms with Crippen LogP contribution in [0.25, 0.3) is 16.7 Å². The summed E-state index contributed by atoms with van der Waals surface area (Å²) in [6.07, 6.45) is -4.52. The number of nitrogens with zero attached hydrogens (tertiary/aromatic N) is 1. The van der Waals surface area contributed by atoms with Crippen LogP contribution in [0.1, 0.15) is 11.1 Å². The van der Waals surface area contributed by atoms with Crippen molar-refractivity contribution in [1.82, 2.24) is 9.55 Å². The number of H-pyrrole nitrogens is 1. The zero-order valence-electron chi connectivity index (χ0n) is 11.0. The number of halogens is 3. The van der Waals surface area contributed by atoms with Crippen molar-refractivity contribution in [2.24, 2.45) is 0 Å². The average Bonchev–Trinajstić information content (AvgIpc) is 2.75. The van der Waals surface area contributed by atoms with E-state index in [0.29, 0.717) is 11.0 Å². The number of aromatic amines is 1. The number of para-hydroxylation sites is 2. The van der Waals surface area contributed by atoms with Gasteiger partial charge in [-0.2, -0.15) is 13.2 Å². The van der Waals surface area contributed by atoms with Gasteiger partial charge in [0, 0.05) is 0 Å². The second-order valence-corrected chi connectivity index (χ2v) is 4.75. The van der Waals surface area contributed by atoms with Crippen LogP contribution in [-0.2, 0) is 6.18 Å². The third-order valence-corrected chi connectivity index (χ3v) is 3.38. The van der Waals surface area contributed by atoms with Gasteiger partial charge in [-0.1, -0.05) is 24.3 Å². The van der Waals surface area contributed by atoms with E-state index in [0.717, 1.165) is 16.2 Å². The van der Waals surface area contributed by atoms with Crippen LogP contribution in [0.3, 0.4) is 0 Å². The Morgan fingerprint density at radius 3 is 2.48 bits per heavy atom. The quantitative estimate of drug-likeness (QED) is 0.730. The molecule has 6 heteroatoms. The van der Waals surface area contributed by atoms with Crippen molar-refractivity contribution in [3.63, 3.8) is 0 Å². The highest BCUT2D eigenvalue weighted by Gasteiger charge is 2.34. The van der Waals surface area contributed by atoms with Crippen LogP contribution >= 0.6 is 0 Å². The van der Waals surface area contributed by atoms with Gasteiger partial charge in [0.2, 0.25) is 0 Å². The zero-order valence-corrected chi connectivity index (χ0v) is 11.0. The molecule has 0 radical (unpaired) electrons. The maximum atomic E-state index is 13.1. The predicted molar refractivity (Wildman–Crippen MR) is 73.6 cm³/mol. The molecule has 0 atom stereocenters. The van der Waals surface area contributed by atoms with Gasteiger partial charge in [-0.15, -0.1) is 0 Å². The summed E-state index contributed by atoms with van der Waals surface area (Å²) in [7, 11) is 0. The molecule has 0 aliphatic rings. The van der Waals surface area contributed by atoms with Crippen LogP contribution in [0.15, 0.2) is 47.3 Å². The zero-order chi connectivity index (χ0) is 15.2. The number of nitrogens with one attached hydrogen (secondary N) is 1. The molecule has 0 bridgehead atoms. The third kappa shape index (κ3) is 2.12. The Morgan fingerprint density at radius 1 is 1.05 bits per heavy atom. The number of aryl methyl sites for hydroxylation is 1. The van der Waals surface area contributed by atoms with E-state index in [1.54, 1.807) is 25.1 Å². The predicted octanol–water partition coefficient (Wildman–Crippen LogP) is 3.65. The molecular formula is C15H11F3N2O. The second kappa shape index (κ2) is 4.51. The highest BCUT2D eigenvalue weighted by molar-refractivity contribution is 5.80. The molecule has 108 valence electrons. The lowest BCUT2D eigenvalue weighted by Crippen LogP contribution is -2.19. The standard InChI is InChI=1S/C15H11F3N2O/c1-9-5-4-8-12-13(9)19-14(21)20(12)11-7-3-2-6-10(11)15(16,17)18/h2-8H,1H3,(H,19,21). The van der Waals surface area contributed by atoms with Crippen molar-refractivity contribution >= 4 is 11.0 Å². The molecule has 3 nitrogen and oxygen atoms in total. The molecule has 1 N–H and O–H groups in total. The minimum atomic E-state index is -4.52. The molecule has 0 aliphatic carbocycles. The van der Waals surface area contributed by atoms with E-state index in [1.165, 1.54) is 18.2 Å². The SMILES string of the molecule is Cc1cccc2c1[nH]c(=O)n2-c1ccccc1C(F)(F)F. The van der Waals surface area contributed by atoms with Gasteiger partial charge in [0.15, 0.2) is 0 Å². The van der Waals surface area contributed by atoms with Crippen molar-refractivity contribution in [3.8, 4) is 5.69 Å². The Kier molecular flexibility index (Phi) is 2.90. The number of alkyl halides is 3. The first-order valence-electron chi connectivity index (χ1n) is 6.26. The molecule has 1 aromatic heterocycles. The van der Waals surface area contributed by atoms with Crippen LogP contribution < -0.4 is 5.69 Å². The maximum Gasteiger partial charge on any atom is 0.418 e. The van der Waals surface area contributed by atoms with E-state index in [1.807, 2.05) is 0 Å². The largest absolute Gasteiger partial charge is 0.418 e. The highest BCUT2D eigenvalue weighted by Crippen LogP contribution is 2.34. The number of fused-ring (bicyclic) bond motifs is 1. The van der Waals surface area contributed by atoms with E-state index in [-0.39, 0.29) is 5.69 Å². The number of benzene rings is 2. The molecule has 0 unspecified atom stereocenters. The Morgan fingerprint density at radius 2 is 1.76 bits per heavy atom. The first kappa shape index (κ1) is 13.5. The number of aromatic nitrogens is 2. The lowest BCUT2D eigenvalue weighted by molar-refractivity contribution is -0.137. The second-order valence-electron chi connectivity index (χ2n) is 4.75. The van der Waals surface area contributed by atoms with E-state index >= 15 is 0 Å². The first-order valence-corrected chi connectivity index (χ1v) is 6.26. The molecule has 0 saturated carbocycles. The maximum absolute atomic E-state index is 13.1. The summed E-state index contributed by atoms with van der Waals surface area (Å²) in [5, 5.41) is 0. The number of rotatable bonds is 1. The third-order valence-electron chi connectivity index (χ3n) is 3.38. The Hall–Kier alpha value is -2.50. The van der Waals surface area contributed by atoms with E-state index in [4.69, 9.17) is 0 Å². The fraction of sp³-hybridized carbons (Fsp3) is 0.133. The highest BCUT2D eigenvalue weighted by atomic mass is 19.4. The van der Waals surface area contributed by atoms with Crippen LogP contribution in [0.4, 0.5) is 13.2 Å². The van der Waals surface area contributed by atoms with Gasteiger partial charge in [0.1, 0.15) is 0 Å². The normalized spacial score (nSPS) is 12.0. The molecular weight excluding hydrogens is 281 g/mol. The van der Waals surface area contributed by atoms with Crippen molar-refractivity contribution in [2.45, 2.75) is 13.1 Å². The van der Waals surface area contributed by atoms with Crippen LogP contribution in [0.5, 0.6) is 0 Å². The van der Waals surface area contributed by atoms with Crippen molar-refractivity contribution < 1.29 is 13.2 Å². The van der Waals surface area contributed by atoms with E-state index < -0.39 is 17.4 Å². The monoisotopic (exact) mass is 292 g/mol. The van der Waals surface area contributed by atoms with Gasteiger partial charge in [0.05, 0.1) is 22.3 Å². The smallest absolute Gasteiger partial charge is 0.305 e. The van der Waals surface area contributed by atoms with Crippen molar-refractivity contribution in [3.05, 3.63) is 64.1 Å². The van der Waals surface area contributed by atoms with Crippen molar-refractivity contribution in [2.75, 3.05) is 0 Å². The van der Waals surface area contributed by atoms with E-state index in [9.17, 15) is 18.0 Å². The summed E-state index contributed by atoms with van der Waals surface area (Å²) in [6.45, 7) is 1.79. The summed E-state index contributed by atoms with van der Waals surface area (Å²) in [5.74, 6) is 0. The Balaban J connectivity index is 2.40. The number of imidazole rings is 1. The van der Waals surface area contributed by atoms with Gasteiger partial charge >= 0.3 is 11.9 Å². The van der Waals surface area contributed by atoms with Gasteiger partial charge in [0.25, 0.3) is 0 Å². The fourth-order valence-electron chi connectivity index (χ4n) is 2.42. The first-order chi connectivity index (χ1) is 9.89. The Bertz CT molecular complexity index is 874. The topological polar surface area (TPSA) is 37.8 Å². The molecule has 21 heavy (non-hydrogen) atoms. The molecule has 2 aromatic carbocycles. The van der Waals surface area contributed by atoms with Crippen molar-refractivity contribution in [1.29, 1.82) is 0 Å². The van der Waals surface area contributed by atoms with Crippen LogP contribution in [-0.4, -0.2) is 9.55 Å². The summed E-state index contributed by atoms with van der Waals surface area (Å²) < 4.78 is 40.4.